The first-order chi connectivity index (χ1) is 6.77. The molecule has 0 bridgehead atoms. The molecule has 72 valence electrons. The van der Waals surface area contributed by atoms with Crippen molar-refractivity contribution in [3.8, 4) is 0 Å². The fourth-order valence-electron chi connectivity index (χ4n) is 1.69. The fraction of sp³-hybridized carbons (Fsp3) is 0.300. The van der Waals surface area contributed by atoms with Gasteiger partial charge in [0.1, 0.15) is 5.52 Å². The zero-order valence-corrected chi connectivity index (χ0v) is 7.37. The molecule has 1 saturated carbocycles. The van der Waals surface area contributed by atoms with Gasteiger partial charge in [0.05, 0.1) is 11.8 Å². The predicted octanol–water partition coefficient (Wildman–Crippen LogP) is 2.65. The Labute approximate surface area is 79.2 Å². The van der Waals surface area contributed by atoms with Gasteiger partial charge >= 0.3 is 0 Å². The van der Waals surface area contributed by atoms with E-state index < -0.39 is 11.6 Å². The van der Waals surface area contributed by atoms with Gasteiger partial charge in [-0.05, 0) is 25.0 Å². The first-order valence-corrected chi connectivity index (χ1v) is 4.58. The predicted molar refractivity (Wildman–Crippen MR) is 47.9 cm³/mol. The number of hydrogen-bond donors (Lipinski definition) is 0. The van der Waals surface area contributed by atoms with Crippen LogP contribution in [-0.4, -0.2) is 9.55 Å². The molecule has 14 heavy (non-hydrogen) atoms. The molecule has 3 rings (SSSR count). The molecule has 0 unspecified atom stereocenters. The molecule has 0 saturated heterocycles. The topological polar surface area (TPSA) is 17.8 Å². The third-order valence-electron chi connectivity index (χ3n) is 2.57. The van der Waals surface area contributed by atoms with Crippen LogP contribution < -0.4 is 0 Å². The molecule has 4 heteroatoms. The van der Waals surface area contributed by atoms with Gasteiger partial charge in [-0.3, -0.25) is 0 Å². The fourth-order valence-corrected chi connectivity index (χ4v) is 1.69. The maximum absolute atomic E-state index is 13.4. The summed E-state index contributed by atoms with van der Waals surface area (Å²) in [5.74, 6) is -1.59. The first kappa shape index (κ1) is 7.91. The van der Waals surface area contributed by atoms with E-state index in [9.17, 15) is 8.78 Å². The Kier molecular flexibility index (Phi) is 1.43. The summed E-state index contributed by atoms with van der Waals surface area (Å²) in [6, 6.07) is 2.94. The summed E-state index contributed by atoms with van der Waals surface area (Å²) in [6.07, 6.45) is 3.65. The van der Waals surface area contributed by atoms with E-state index in [-0.39, 0.29) is 0 Å². The van der Waals surface area contributed by atoms with Gasteiger partial charge in [-0.25, -0.2) is 13.8 Å². The molecule has 0 aliphatic heterocycles. The van der Waals surface area contributed by atoms with E-state index in [1.54, 1.807) is 10.9 Å². The normalized spacial score (nSPS) is 16.4. The third-order valence-corrected chi connectivity index (χ3v) is 2.57. The maximum Gasteiger partial charge on any atom is 0.184 e. The number of imidazole rings is 1. The number of fused-ring (bicyclic) bond motifs is 1. The lowest BCUT2D eigenvalue weighted by Gasteiger charge is -2.01. The average molecular weight is 194 g/mol. The molecule has 1 aliphatic carbocycles. The molecule has 0 radical (unpaired) electrons. The van der Waals surface area contributed by atoms with Gasteiger partial charge in [0.15, 0.2) is 11.6 Å². The first-order valence-electron chi connectivity index (χ1n) is 4.58. The van der Waals surface area contributed by atoms with Crippen LogP contribution in [0.3, 0.4) is 0 Å². The molecule has 0 spiro atoms. The number of aromatic nitrogens is 2. The number of halogens is 2. The van der Waals surface area contributed by atoms with E-state index in [4.69, 9.17) is 0 Å². The minimum Gasteiger partial charge on any atom is -0.325 e. The van der Waals surface area contributed by atoms with Gasteiger partial charge in [-0.1, -0.05) is 0 Å². The SMILES string of the molecule is Fc1ccc2ncn(C3CC3)c2c1F. The van der Waals surface area contributed by atoms with Gasteiger partial charge in [-0.2, -0.15) is 0 Å². The molecule has 1 fully saturated rings. The van der Waals surface area contributed by atoms with E-state index in [1.807, 2.05) is 0 Å². The Morgan fingerprint density at radius 1 is 1.29 bits per heavy atom. The second kappa shape index (κ2) is 2.53. The van der Waals surface area contributed by atoms with E-state index in [2.05, 4.69) is 4.98 Å². The lowest BCUT2D eigenvalue weighted by molar-refractivity contribution is 0.511. The number of benzene rings is 1. The van der Waals surface area contributed by atoms with Crippen molar-refractivity contribution in [1.29, 1.82) is 0 Å². The van der Waals surface area contributed by atoms with Crippen molar-refractivity contribution in [2.24, 2.45) is 0 Å². The molecule has 1 aromatic carbocycles. The standard InChI is InChI=1S/C10H8F2N2/c11-7-3-4-8-10(9(7)12)14(5-13-8)6-1-2-6/h3-6H,1-2H2. The Morgan fingerprint density at radius 2 is 2.07 bits per heavy atom. The highest BCUT2D eigenvalue weighted by atomic mass is 19.2. The molecule has 2 nitrogen and oxygen atoms in total. The van der Waals surface area contributed by atoms with Crippen molar-refractivity contribution in [1.82, 2.24) is 9.55 Å². The molecule has 1 aliphatic rings. The number of nitrogens with zero attached hydrogens (tertiary/aromatic N) is 2. The van der Waals surface area contributed by atoms with Crippen LogP contribution in [0.25, 0.3) is 11.0 Å². The van der Waals surface area contributed by atoms with Crippen molar-refractivity contribution < 1.29 is 8.78 Å². The van der Waals surface area contributed by atoms with Gasteiger partial charge in [0.25, 0.3) is 0 Å². The van der Waals surface area contributed by atoms with Crippen LogP contribution in [0.2, 0.25) is 0 Å². The Bertz CT molecular complexity index is 500. The minimum atomic E-state index is -0.806. The van der Waals surface area contributed by atoms with Crippen molar-refractivity contribution in [2.75, 3.05) is 0 Å². The minimum absolute atomic E-state index is 0.299. The van der Waals surface area contributed by atoms with Crippen LogP contribution in [0, 0.1) is 11.6 Å². The second-order valence-corrected chi connectivity index (χ2v) is 3.61. The quantitative estimate of drug-likeness (QED) is 0.682. The summed E-state index contributed by atoms with van der Waals surface area (Å²) in [6.45, 7) is 0. The van der Waals surface area contributed by atoms with E-state index in [1.165, 1.54) is 6.07 Å². The Balaban J connectivity index is 2.36. The van der Waals surface area contributed by atoms with Crippen LogP contribution >= 0.6 is 0 Å². The Morgan fingerprint density at radius 3 is 2.79 bits per heavy atom. The van der Waals surface area contributed by atoms with E-state index >= 15 is 0 Å². The second-order valence-electron chi connectivity index (χ2n) is 3.61. The summed E-state index contributed by atoms with van der Waals surface area (Å²) in [5.41, 5.74) is 0.823. The molecule has 0 atom stereocenters. The largest absolute Gasteiger partial charge is 0.325 e. The van der Waals surface area contributed by atoms with Gasteiger partial charge in [0.2, 0.25) is 0 Å². The van der Waals surface area contributed by atoms with Crippen molar-refractivity contribution in [2.45, 2.75) is 18.9 Å². The number of hydrogen-bond acceptors (Lipinski definition) is 1. The molecular formula is C10H8F2N2. The van der Waals surface area contributed by atoms with Gasteiger partial charge in [-0.15, -0.1) is 0 Å². The third kappa shape index (κ3) is 0.967. The molecule has 1 aromatic heterocycles. The lowest BCUT2D eigenvalue weighted by atomic mass is 10.3. The summed E-state index contributed by atoms with van der Waals surface area (Å²) in [5, 5.41) is 0. The molecule has 0 N–H and O–H groups in total. The lowest BCUT2D eigenvalue weighted by Crippen LogP contribution is -1.95. The molecular weight excluding hydrogens is 186 g/mol. The zero-order chi connectivity index (χ0) is 9.71. The highest BCUT2D eigenvalue weighted by molar-refractivity contribution is 5.76. The van der Waals surface area contributed by atoms with Crippen molar-refractivity contribution in [3.63, 3.8) is 0 Å². The smallest absolute Gasteiger partial charge is 0.184 e. The van der Waals surface area contributed by atoms with Gasteiger partial charge in [0, 0.05) is 6.04 Å². The highest BCUT2D eigenvalue weighted by Gasteiger charge is 2.26. The number of rotatable bonds is 1. The van der Waals surface area contributed by atoms with Crippen LogP contribution in [0.15, 0.2) is 18.5 Å². The average Bonchev–Trinajstić information content (AvgIpc) is 2.93. The summed E-state index contributed by atoms with van der Waals surface area (Å²) in [7, 11) is 0. The van der Waals surface area contributed by atoms with Crippen LogP contribution in [0.5, 0.6) is 0 Å². The van der Waals surface area contributed by atoms with Crippen LogP contribution in [0.1, 0.15) is 18.9 Å². The van der Waals surface area contributed by atoms with Crippen LogP contribution in [0.4, 0.5) is 8.78 Å². The highest BCUT2D eigenvalue weighted by Crippen LogP contribution is 2.37. The summed E-state index contributed by atoms with van der Waals surface area (Å²) >= 11 is 0. The monoisotopic (exact) mass is 194 g/mol. The summed E-state index contributed by atoms with van der Waals surface area (Å²) in [4.78, 5) is 4.04. The van der Waals surface area contributed by atoms with Crippen molar-refractivity contribution in [3.05, 3.63) is 30.1 Å². The zero-order valence-electron chi connectivity index (χ0n) is 7.37. The summed E-state index contributed by atoms with van der Waals surface area (Å²) < 4.78 is 28.1. The maximum atomic E-state index is 13.4. The van der Waals surface area contributed by atoms with Crippen LogP contribution in [-0.2, 0) is 0 Å². The molecule has 1 heterocycles. The Hall–Kier alpha value is -1.45. The van der Waals surface area contributed by atoms with E-state index in [0.29, 0.717) is 17.1 Å². The van der Waals surface area contributed by atoms with E-state index in [0.717, 1.165) is 18.9 Å². The van der Waals surface area contributed by atoms with Gasteiger partial charge < -0.3 is 4.57 Å². The molecule has 0 amide bonds. The molecule has 2 aromatic rings. The van der Waals surface area contributed by atoms with Crippen molar-refractivity contribution >= 4 is 11.0 Å².